The maximum atomic E-state index is 11.4. The van der Waals surface area contributed by atoms with E-state index >= 15 is 0 Å². The number of hydrogen-bond donors (Lipinski definition) is 1. The van der Waals surface area contributed by atoms with Gasteiger partial charge in [-0.15, -0.1) is 0 Å². The Hall–Kier alpha value is -0.130. The fourth-order valence-electron chi connectivity index (χ4n) is 3.84. The van der Waals surface area contributed by atoms with E-state index in [0.29, 0.717) is 23.5 Å². The van der Waals surface area contributed by atoms with Crippen LogP contribution in [0, 0.1) is 5.92 Å². The number of hydrogen-bond acceptors (Lipinski definition) is 4. The zero-order chi connectivity index (χ0) is 12.6. The van der Waals surface area contributed by atoms with E-state index in [9.17, 15) is 8.42 Å². The van der Waals surface area contributed by atoms with E-state index in [0.717, 1.165) is 19.0 Å². The highest BCUT2D eigenvalue weighted by molar-refractivity contribution is 7.91. The molecule has 3 heterocycles. The molecule has 0 radical (unpaired) electrons. The summed E-state index contributed by atoms with van der Waals surface area (Å²) in [4.78, 5) is 2.62. The largest absolute Gasteiger partial charge is 0.312 e. The van der Waals surface area contributed by atoms with Crippen molar-refractivity contribution in [1.29, 1.82) is 0 Å². The van der Waals surface area contributed by atoms with Crippen molar-refractivity contribution in [2.45, 2.75) is 44.2 Å². The van der Waals surface area contributed by atoms with E-state index in [2.05, 4.69) is 10.2 Å². The molecule has 4 nitrogen and oxygen atoms in total. The summed E-state index contributed by atoms with van der Waals surface area (Å²) >= 11 is 0. The Balaban J connectivity index is 1.49. The molecule has 1 N–H and O–H groups in total. The molecule has 3 fully saturated rings. The van der Waals surface area contributed by atoms with Gasteiger partial charge in [0, 0.05) is 18.6 Å². The third kappa shape index (κ3) is 2.73. The van der Waals surface area contributed by atoms with Gasteiger partial charge in [0.2, 0.25) is 0 Å². The maximum absolute atomic E-state index is 11.4. The van der Waals surface area contributed by atoms with Crippen LogP contribution in [0.4, 0.5) is 0 Å². The highest BCUT2D eigenvalue weighted by atomic mass is 32.2. The molecule has 0 aromatic heterocycles. The molecule has 0 aromatic rings. The summed E-state index contributed by atoms with van der Waals surface area (Å²) in [6.07, 6.45) is 6.13. The molecule has 3 aliphatic rings. The predicted octanol–water partition coefficient (Wildman–Crippen LogP) is 0.638. The first-order valence-electron chi connectivity index (χ1n) is 7.32. The molecule has 18 heavy (non-hydrogen) atoms. The molecule has 3 atom stereocenters. The van der Waals surface area contributed by atoms with Crippen LogP contribution in [0.5, 0.6) is 0 Å². The Morgan fingerprint density at radius 2 is 2.00 bits per heavy atom. The summed E-state index contributed by atoms with van der Waals surface area (Å²) in [6.45, 7) is 3.39. The summed E-state index contributed by atoms with van der Waals surface area (Å²) in [7, 11) is -2.71. The molecule has 3 rings (SSSR count). The molecule has 0 amide bonds. The number of fused-ring (bicyclic) bond motifs is 1. The van der Waals surface area contributed by atoms with Crippen LogP contribution in [-0.2, 0) is 9.84 Å². The number of sulfone groups is 1. The second-order valence-corrected chi connectivity index (χ2v) is 8.40. The first kappa shape index (κ1) is 12.9. The summed E-state index contributed by atoms with van der Waals surface area (Å²) in [6, 6.07) is 1.32. The van der Waals surface area contributed by atoms with E-state index < -0.39 is 9.84 Å². The first-order valence-corrected chi connectivity index (χ1v) is 9.14. The average molecular weight is 272 g/mol. The molecule has 3 aliphatic heterocycles. The number of nitrogens with zero attached hydrogens (tertiary/aromatic N) is 1. The van der Waals surface area contributed by atoms with Crippen LogP contribution >= 0.6 is 0 Å². The zero-order valence-electron chi connectivity index (χ0n) is 11.0. The van der Waals surface area contributed by atoms with Crippen molar-refractivity contribution >= 4 is 9.84 Å². The van der Waals surface area contributed by atoms with Crippen molar-refractivity contribution in [2.75, 3.05) is 31.1 Å². The second kappa shape index (κ2) is 5.10. The minimum atomic E-state index is -2.71. The van der Waals surface area contributed by atoms with Gasteiger partial charge in [-0.3, -0.25) is 4.90 Å². The fraction of sp³-hybridized carbons (Fsp3) is 1.00. The Morgan fingerprint density at radius 3 is 2.78 bits per heavy atom. The molecule has 0 saturated carbocycles. The summed E-state index contributed by atoms with van der Waals surface area (Å²) < 4.78 is 22.9. The lowest BCUT2D eigenvalue weighted by Gasteiger charge is -2.33. The third-order valence-corrected chi connectivity index (χ3v) is 6.69. The Labute approximate surface area is 110 Å². The van der Waals surface area contributed by atoms with Crippen LogP contribution in [0.25, 0.3) is 0 Å². The number of nitrogens with one attached hydrogen (secondary N) is 1. The highest BCUT2D eigenvalue weighted by Gasteiger charge is 2.36. The van der Waals surface area contributed by atoms with Crippen LogP contribution in [0.3, 0.4) is 0 Å². The van der Waals surface area contributed by atoms with E-state index in [-0.39, 0.29) is 0 Å². The van der Waals surface area contributed by atoms with Crippen LogP contribution in [0.15, 0.2) is 0 Å². The van der Waals surface area contributed by atoms with Gasteiger partial charge in [0.25, 0.3) is 0 Å². The van der Waals surface area contributed by atoms with Gasteiger partial charge < -0.3 is 5.32 Å². The number of piperidine rings is 1. The van der Waals surface area contributed by atoms with Crippen LogP contribution in [0.2, 0.25) is 0 Å². The average Bonchev–Trinajstić information content (AvgIpc) is 2.90. The quantitative estimate of drug-likeness (QED) is 0.819. The predicted molar refractivity (Wildman–Crippen MR) is 72.4 cm³/mol. The van der Waals surface area contributed by atoms with Gasteiger partial charge in [-0.25, -0.2) is 8.42 Å². The molecule has 0 aromatic carbocycles. The van der Waals surface area contributed by atoms with E-state index in [1.807, 2.05) is 0 Å². The van der Waals surface area contributed by atoms with Gasteiger partial charge in [0.05, 0.1) is 11.5 Å². The number of rotatable bonds is 3. The minimum absolute atomic E-state index is 0.354. The Morgan fingerprint density at radius 1 is 1.11 bits per heavy atom. The molecule has 0 spiro atoms. The maximum Gasteiger partial charge on any atom is 0.150 e. The minimum Gasteiger partial charge on any atom is -0.312 e. The Kier molecular flexibility index (Phi) is 3.65. The monoisotopic (exact) mass is 272 g/mol. The lowest BCUT2D eigenvalue weighted by atomic mass is 9.98. The van der Waals surface area contributed by atoms with E-state index in [1.165, 1.54) is 38.8 Å². The van der Waals surface area contributed by atoms with Gasteiger partial charge in [-0.05, 0) is 44.7 Å². The SMILES string of the molecule is O=S1(=O)CCC(CNC2CCN3CCCCC23)C1. The summed E-state index contributed by atoms with van der Waals surface area (Å²) in [5.41, 5.74) is 0. The fourth-order valence-corrected chi connectivity index (χ4v) is 5.70. The Bertz CT molecular complexity index is 396. The normalized spacial score (nSPS) is 39.9. The van der Waals surface area contributed by atoms with Crippen LogP contribution < -0.4 is 5.32 Å². The molecular formula is C13H24N2O2S. The zero-order valence-corrected chi connectivity index (χ0v) is 11.8. The van der Waals surface area contributed by atoms with Crippen molar-refractivity contribution in [3.63, 3.8) is 0 Å². The molecule has 0 aliphatic carbocycles. The second-order valence-electron chi connectivity index (χ2n) is 6.17. The lowest BCUT2D eigenvalue weighted by Crippen LogP contribution is -2.46. The van der Waals surface area contributed by atoms with Crippen molar-refractivity contribution in [2.24, 2.45) is 5.92 Å². The van der Waals surface area contributed by atoms with Crippen molar-refractivity contribution in [3.8, 4) is 0 Å². The summed E-state index contributed by atoms with van der Waals surface area (Å²) in [5, 5.41) is 3.65. The van der Waals surface area contributed by atoms with Crippen LogP contribution in [0.1, 0.15) is 32.1 Å². The van der Waals surface area contributed by atoms with Gasteiger partial charge in [-0.1, -0.05) is 6.42 Å². The smallest absolute Gasteiger partial charge is 0.150 e. The standard InChI is InChI=1S/C13H24N2O2S/c16-18(17)8-5-11(10-18)9-14-12-4-7-15-6-2-1-3-13(12)15/h11-14H,1-10H2. The molecule has 0 bridgehead atoms. The van der Waals surface area contributed by atoms with Gasteiger partial charge in [0.15, 0.2) is 9.84 Å². The van der Waals surface area contributed by atoms with E-state index in [1.54, 1.807) is 0 Å². The van der Waals surface area contributed by atoms with Crippen LogP contribution in [-0.4, -0.2) is 56.5 Å². The molecule has 5 heteroatoms. The molecule has 104 valence electrons. The molecule has 3 unspecified atom stereocenters. The lowest BCUT2D eigenvalue weighted by molar-refractivity contribution is 0.179. The van der Waals surface area contributed by atoms with Crippen molar-refractivity contribution in [1.82, 2.24) is 10.2 Å². The molecular weight excluding hydrogens is 248 g/mol. The topological polar surface area (TPSA) is 49.4 Å². The molecule has 3 saturated heterocycles. The third-order valence-electron chi connectivity index (χ3n) is 4.85. The van der Waals surface area contributed by atoms with Crippen molar-refractivity contribution in [3.05, 3.63) is 0 Å². The highest BCUT2D eigenvalue weighted by Crippen LogP contribution is 2.27. The first-order chi connectivity index (χ1) is 8.64. The van der Waals surface area contributed by atoms with E-state index in [4.69, 9.17) is 0 Å². The van der Waals surface area contributed by atoms with Gasteiger partial charge in [-0.2, -0.15) is 0 Å². The van der Waals surface area contributed by atoms with Gasteiger partial charge in [0.1, 0.15) is 0 Å². The summed E-state index contributed by atoms with van der Waals surface area (Å²) in [5.74, 6) is 1.16. The van der Waals surface area contributed by atoms with Gasteiger partial charge >= 0.3 is 0 Å². The van der Waals surface area contributed by atoms with Crippen molar-refractivity contribution < 1.29 is 8.42 Å².